The van der Waals surface area contributed by atoms with E-state index in [4.69, 9.17) is 11.6 Å². The number of hydrogen-bond donors (Lipinski definition) is 2. The molecule has 0 saturated carbocycles. The average molecular weight is 347 g/mol. The number of carbonyl (C=O) groups is 1. The maximum absolute atomic E-state index is 12.1. The molecule has 1 atom stereocenters. The molecule has 1 aliphatic heterocycles. The first-order chi connectivity index (χ1) is 11.6. The molecule has 1 unspecified atom stereocenters. The van der Waals surface area contributed by atoms with Gasteiger partial charge in [0.25, 0.3) is 0 Å². The van der Waals surface area contributed by atoms with Crippen LogP contribution in [0.15, 0.2) is 24.3 Å². The zero-order valence-electron chi connectivity index (χ0n) is 14.1. The number of benzene rings is 1. The van der Waals surface area contributed by atoms with E-state index in [1.165, 1.54) is 11.3 Å². The Morgan fingerprint density at radius 1 is 1.42 bits per heavy atom. The number of aromatic amines is 1. The normalized spacial score (nSPS) is 15.8. The Kier molecular flexibility index (Phi) is 5.21. The van der Waals surface area contributed by atoms with Crippen LogP contribution < -0.4 is 5.32 Å². The van der Waals surface area contributed by atoms with Gasteiger partial charge in [0.15, 0.2) is 0 Å². The first-order valence-corrected chi connectivity index (χ1v) is 8.78. The Morgan fingerprint density at radius 3 is 2.88 bits per heavy atom. The molecule has 0 aliphatic carbocycles. The number of amides is 1. The number of hydrogen-bond acceptors (Lipinski definition) is 3. The van der Waals surface area contributed by atoms with Gasteiger partial charge in [0, 0.05) is 47.4 Å². The van der Waals surface area contributed by atoms with Crippen LogP contribution in [0.2, 0.25) is 5.02 Å². The van der Waals surface area contributed by atoms with Crippen molar-refractivity contribution in [1.29, 1.82) is 0 Å². The summed E-state index contributed by atoms with van der Waals surface area (Å²) in [5, 5.41) is 11.4. The maximum Gasteiger partial charge on any atom is 0.234 e. The van der Waals surface area contributed by atoms with Gasteiger partial charge < -0.3 is 5.32 Å². The summed E-state index contributed by atoms with van der Waals surface area (Å²) < 4.78 is 0. The van der Waals surface area contributed by atoms with Gasteiger partial charge in [-0.05, 0) is 25.5 Å². The minimum Gasteiger partial charge on any atom is -0.353 e. The Hall–Kier alpha value is -1.85. The number of rotatable bonds is 5. The third kappa shape index (κ3) is 3.79. The fourth-order valence-corrected chi connectivity index (χ4v) is 3.08. The highest BCUT2D eigenvalue weighted by Gasteiger charge is 2.24. The maximum atomic E-state index is 12.1. The average Bonchev–Trinajstić information content (AvgIpc) is 2.98. The van der Waals surface area contributed by atoms with Gasteiger partial charge in [0.05, 0.1) is 12.2 Å². The van der Waals surface area contributed by atoms with E-state index in [0.29, 0.717) is 11.6 Å². The molecule has 1 amide bonds. The number of aromatic nitrogens is 2. The predicted octanol–water partition coefficient (Wildman–Crippen LogP) is 3.00. The van der Waals surface area contributed by atoms with Crippen molar-refractivity contribution in [1.82, 2.24) is 20.4 Å². The monoisotopic (exact) mass is 346 g/mol. The van der Waals surface area contributed by atoms with Crippen LogP contribution >= 0.6 is 11.6 Å². The number of nitrogens with zero attached hydrogens (tertiary/aromatic N) is 2. The van der Waals surface area contributed by atoms with E-state index < -0.39 is 0 Å². The van der Waals surface area contributed by atoms with Crippen molar-refractivity contribution in [3.63, 3.8) is 0 Å². The van der Waals surface area contributed by atoms with Gasteiger partial charge in [-0.3, -0.25) is 14.8 Å². The minimum atomic E-state index is 0.0873. The number of halogens is 1. The number of fused-ring (bicyclic) bond motifs is 1. The van der Waals surface area contributed by atoms with E-state index >= 15 is 0 Å². The molecule has 24 heavy (non-hydrogen) atoms. The fourth-order valence-electron chi connectivity index (χ4n) is 2.96. The molecule has 0 saturated heterocycles. The molecule has 2 heterocycles. The molecular weight excluding hydrogens is 324 g/mol. The van der Waals surface area contributed by atoms with Gasteiger partial charge in [-0.25, -0.2) is 0 Å². The minimum absolute atomic E-state index is 0.0873. The second-order valence-electron chi connectivity index (χ2n) is 6.37. The summed E-state index contributed by atoms with van der Waals surface area (Å²) in [4.78, 5) is 14.3. The van der Waals surface area contributed by atoms with Crippen molar-refractivity contribution in [2.45, 2.75) is 39.3 Å². The first-order valence-electron chi connectivity index (χ1n) is 8.40. The molecule has 0 spiro atoms. The van der Waals surface area contributed by atoms with Gasteiger partial charge in [-0.1, -0.05) is 30.7 Å². The molecule has 1 aromatic heterocycles. The number of carbonyl (C=O) groups excluding carboxylic acids is 1. The highest BCUT2D eigenvalue weighted by atomic mass is 35.5. The van der Waals surface area contributed by atoms with Gasteiger partial charge in [-0.15, -0.1) is 0 Å². The number of nitrogens with one attached hydrogen (secondary N) is 2. The lowest BCUT2D eigenvalue weighted by Crippen LogP contribution is -2.42. The van der Waals surface area contributed by atoms with E-state index in [-0.39, 0.29) is 11.9 Å². The fraction of sp³-hybridized carbons (Fsp3) is 0.444. The molecule has 0 radical (unpaired) electrons. The SMILES string of the molecule is CCC(C)NC(=O)CN1CCc2[nH]nc(-c3ccc(Cl)cc3)c2C1. The van der Waals surface area contributed by atoms with Crippen molar-refractivity contribution >= 4 is 17.5 Å². The van der Waals surface area contributed by atoms with E-state index in [2.05, 4.69) is 27.3 Å². The van der Waals surface area contributed by atoms with Gasteiger partial charge in [-0.2, -0.15) is 5.10 Å². The van der Waals surface area contributed by atoms with Crippen LogP contribution in [0.25, 0.3) is 11.3 Å². The molecule has 6 heteroatoms. The second kappa shape index (κ2) is 7.36. The van der Waals surface area contributed by atoms with Crippen LogP contribution in [0, 0.1) is 0 Å². The van der Waals surface area contributed by atoms with Gasteiger partial charge in [0.1, 0.15) is 0 Å². The van der Waals surface area contributed by atoms with Crippen LogP contribution in [-0.4, -0.2) is 40.1 Å². The summed E-state index contributed by atoms with van der Waals surface area (Å²) in [5.41, 5.74) is 4.34. The molecule has 3 rings (SSSR count). The first kappa shape index (κ1) is 17.0. The highest BCUT2D eigenvalue weighted by Crippen LogP contribution is 2.29. The van der Waals surface area contributed by atoms with Gasteiger partial charge in [0.2, 0.25) is 5.91 Å². The molecule has 2 aromatic rings. The standard InChI is InChI=1S/C18H23ClN4O/c1-3-12(2)20-17(24)11-23-9-8-16-15(10-23)18(22-21-16)13-4-6-14(19)7-5-13/h4-7,12H,3,8-11H2,1-2H3,(H,20,24)(H,21,22). The van der Waals surface area contributed by atoms with Crippen molar-refractivity contribution in [3.05, 3.63) is 40.5 Å². The molecule has 1 aromatic carbocycles. The quantitative estimate of drug-likeness (QED) is 0.874. The summed E-state index contributed by atoms with van der Waals surface area (Å²) >= 11 is 5.97. The molecule has 0 fully saturated rings. The third-order valence-corrected chi connectivity index (χ3v) is 4.77. The van der Waals surface area contributed by atoms with Crippen molar-refractivity contribution in [2.75, 3.05) is 13.1 Å². The lowest BCUT2D eigenvalue weighted by atomic mass is 10.0. The number of H-pyrrole nitrogens is 1. The van der Waals surface area contributed by atoms with E-state index in [1.54, 1.807) is 0 Å². The van der Waals surface area contributed by atoms with Crippen LogP contribution in [0.5, 0.6) is 0 Å². The van der Waals surface area contributed by atoms with Gasteiger partial charge >= 0.3 is 0 Å². The summed E-state index contributed by atoms with van der Waals surface area (Å²) in [6.45, 7) is 6.12. The lowest BCUT2D eigenvalue weighted by molar-refractivity contribution is -0.123. The molecule has 2 N–H and O–H groups in total. The molecular formula is C18H23ClN4O. The smallest absolute Gasteiger partial charge is 0.234 e. The Balaban J connectivity index is 1.72. The summed E-state index contributed by atoms with van der Waals surface area (Å²) in [6, 6.07) is 7.92. The molecule has 128 valence electrons. The van der Waals surface area contributed by atoms with Crippen molar-refractivity contribution < 1.29 is 4.79 Å². The summed E-state index contributed by atoms with van der Waals surface area (Å²) in [5.74, 6) is 0.0873. The Bertz CT molecular complexity index is 710. The Labute approximate surface area is 147 Å². The van der Waals surface area contributed by atoms with E-state index in [9.17, 15) is 4.79 Å². The van der Waals surface area contributed by atoms with Crippen LogP contribution in [0.4, 0.5) is 0 Å². The largest absolute Gasteiger partial charge is 0.353 e. The zero-order chi connectivity index (χ0) is 17.1. The zero-order valence-corrected chi connectivity index (χ0v) is 14.9. The second-order valence-corrected chi connectivity index (χ2v) is 6.81. The van der Waals surface area contributed by atoms with E-state index in [1.807, 2.05) is 31.2 Å². The van der Waals surface area contributed by atoms with Crippen molar-refractivity contribution in [3.8, 4) is 11.3 Å². The third-order valence-electron chi connectivity index (χ3n) is 4.52. The Morgan fingerprint density at radius 2 is 2.17 bits per heavy atom. The molecule has 0 bridgehead atoms. The van der Waals surface area contributed by atoms with Crippen LogP contribution in [0.1, 0.15) is 31.5 Å². The molecule has 1 aliphatic rings. The predicted molar refractivity (Wildman–Crippen MR) is 95.9 cm³/mol. The van der Waals surface area contributed by atoms with Crippen molar-refractivity contribution in [2.24, 2.45) is 0 Å². The van der Waals surface area contributed by atoms with E-state index in [0.717, 1.165) is 37.2 Å². The highest BCUT2D eigenvalue weighted by molar-refractivity contribution is 6.30. The molecule has 5 nitrogen and oxygen atoms in total. The summed E-state index contributed by atoms with van der Waals surface area (Å²) in [6.07, 6.45) is 1.82. The van der Waals surface area contributed by atoms with Crippen LogP contribution in [-0.2, 0) is 17.8 Å². The lowest BCUT2D eigenvalue weighted by Gasteiger charge is -2.27. The summed E-state index contributed by atoms with van der Waals surface area (Å²) in [7, 11) is 0. The topological polar surface area (TPSA) is 61.0 Å². The van der Waals surface area contributed by atoms with Crippen LogP contribution in [0.3, 0.4) is 0 Å².